The number of nitrogens with one attached hydrogen (secondary N) is 1. The second-order valence-corrected chi connectivity index (χ2v) is 2.76. The van der Waals surface area contributed by atoms with Gasteiger partial charge in [-0.1, -0.05) is 12.1 Å². The summed E-state index contributed by atoms with van der Waals surface area (Å²) in [6.45, 7) is 0. The standard InChI is InChI=1S/C9H8ClNO3/c10-5-11-8(12)6-3-1-2-4-7(6)9(13)14/h1-4H,5H2,(H,11,12)(H,13,14). The van der Waals surface area contributed by atoms with Crippen molar-refractivity contribution in [1.82, 2.24) is 5.32 Å². The fraction of sp³-hybridized carbons (Fsp3) is 0.111. The SMILES string of the molecule is O=C(O)c1ccccc1C(=O)NCCl. The topological polar surface area (TPSA) is 66.4 Å². The van der Waals surface area contributed by atoms with Crippen LogP contribution in [0.5, 0.6) is 0 Å². The molecule has 0 saturated carbocycles. The molecule has 5 heteroatoms. The summed E-state index contributed by atoms with van der Waals surface area (Å²) in [6.07, 6.45) is 0. The summed E-state index contributed by atoms with van der Waals surface area (Å²) in [5, 5.41) is 11.1. The number of hydrogen-bond donors (Lipinski definition) is 2. The summed E-state index contributed by atoms with van der Waals surface area (Å²) >= 11 is 5.30. The maximum Gasteiger partial charge on any atom is 0.336 e. The molecule has 0 aliphatic carbocycles. The minimum absolute atomic E-state index is 0.0323. The van der Waals surface area contributed by atoms with Gasteiger partial charge in [0.1, 0.15) is 0 Å². The molecular weight excluding hydrogens is 206 g/mol. The van der Waals surface area contributed by atoms with Crippen LogP contribution in [0.1, 0.15) is 20.7 Å². The Morgan fingerprint density at radius 1 is 1.29 bits per heavy atom. The van der Waals surface area contributed by atoms with Crippen molar-refractivity contribution < 1.29 is 14.7 Å². The molecule has 1 amide bonds. The van der Waals surface area contributed by atoms with Gasteiger partial charge >= 0.3 is 5.97 Å². The van der Waals surface area contributed by atoms with Crippen LogP contribution in [0.4, 0.5) is 0 Å². The largest absolute Gasteiger partial charge is 0.478 e. The highest BCUT2D eigenvalue weighted by molar-refractivity contribution is 6.19. The van der Waals surface area contributed by atoms with E-state index in [2.05, 4.69) is 5.32 Å². The molecule has 1 aromatic rings. The normalized spacial score (nSPS) is 9.50. The molecular formula is C9H8ClNO3. The van der Waals surface area contributed by atoms with E-state index in [1.165, 1.54) is 12.1 Å². The number of rotatable bonds is 3. The lowest BCUT2D eigenvalue weighted by molar-refractivity contribution is 0.0691. The molecule has 0 aliphatic rings. The highest BCUT2D eigenvalue weighted by atomic mass is 35.5. The van der Waals surface area contributed by atoms with Crippen LogP contribution in [0, 0.1) is 0 Å². The number of benzene rings is 1. The van der Waals surface area contributed by atoms with E-state index in [1.807, 2.05) is 0 Å². The van der Waals surface area contributed by atoms with Crippen molar-refractivity contribution in [3.63, 3.8) is 0 Å². The first kappa shape index (κ1) is 10.5. The van der Waals surface area contributed by atoms with Gasteiger partial charge in [0.15, 0.2) is 0 Å². The first-order valence-corrected chi connectivity index (χ1v) is 4.36. The number of alkyl halides is 1. The second kappa shape index (κ2) is 4.62. The molecule has 1 aromatic carbocycles. The summed E-state index contributed by atoms with van der Waals surface area (Å²) in [5.74, 6) is -1.62. The minimum atomic E-state index is -1.13. The highest BCUT2D eigenvalue weighted by Gasteiger charge is 2.14. The molecule has 74 valence electrons. The Balaban J connectivity index is 3.07. The van der Waals surface area contributed by atoms with Crippen molar-refractivity contribution in [3.05, 3.63) is 35.4 Å². The van der Waals surface area contributed by atoms with Crippen molar-refractivity contribution in [3.8, 4) is 0 Å². The van der Waals surface area contributed by atoms with E-state index in [1.54, 1.807) is 12.1 Å². The van der Waals surface area contributed by atoms with E-state index in [-0.39, 0.29) is 17.1 Å². The van der Waals surface area contributed by atoms with Crippen LogP contribution in [0.2, 0.25) is 0 Å². The molecule has 2 N–H and O–H groups in total. The van der Waals surface area contributed by atoms with Gasteiger partial charge in [-0.05, 0) is 12.1 Å². The predicted molar refractivity (Wildman–Crippen MR) is 51.6 cm³/mol. The highest BCUT2D eigenvalue weighted by Crippen LogP contribution is 2.08. The average Bonchev–Trinajstić information content (AvgIpc) is 2.18. The molecule has 0 fully saturated rings. The van der Waals surface area contributed by atoms with Gasteiger partial charge in [0.05, 0.1) is 17.1 Å². The summed E-state index contributed by atoms with van der Waals surface area (Å²) < 4.78 is 0. The molecule has 14 heavy (non-hydrogen) atoms. The molecule has 0 bridgehead atoms. The minimum Gasteiger partial charge on any atom is -0.478 e. The van der Waals surface area contributed by atoms with Crippen LogP contribution in [0.3, 0.4) is 0 Å². The molecule has 0 unspecified atom stereocenters. The Hall–Kier alpha value is -1.55. The molecule has 0 saturated heterocycles. The zero-order valence-electron chi connectivity index (χ0n) is 7.16. The monoisotopic (exact) mass is 213 g/mol. The molecule has 0 aromatic heterocycles. The van der Waals surface area contributed by atoms with Crippen LogP contribution in [0.25, 0.3) is 0 Å². The number of aromatic carboxylic acids is 1. The van der Waals surface area contributed by atoms with Crippen LogP contribution < -0.4 is 5.32 Å². The van der Waals surface area contributed by atoms with Gasteiger partial charge < -0.3 is 10.4 Å². The quantitative estimate of drug-likeness (QED) is 0.588. The van der Waals surface area contributed by atoms with Crippen LogP contribution >= 0.6 is 11.6 Å². The summed E-state index contributed by atoms with van der Waals surface area (Å²) in [6, 6.07) is 5.90. The lowest BCUT2D eigenvalue weighted by atomic mass is 10.1. The third-order valence-corrected chi connectivity index (χ3v) is 1.76. The van der Waals surface area contributed by atoms with Crippen LogP contribution in [-0.4, -0.2) is 23.0 Å². The van der Waals surface area contributed by atoms with E-state index in [9.17, 15) is 9.59 Å². The smallest absolute Gasteiger partial charge is 0.336 e. The molecule has 4 nitrogen and oxygen atoms in total. The maximum absolute atomic E-state index is 11.3. The zero-order chi connectivity index (χ0) is 10.6. The summed E-state index contributed by atoms with van der Waals surface area (Å²) in [4.78, 5) is 22.0. The van der Waals surface area contributed by atoms with E-state index in [4.69, 9.17) is 16.7 Å². The number of amides is 1. The van der Waals surface area contributed by atoms with Crippen molar-refractivity contribution in [2.24, 2.45) is 0 Å². The van der Waals surface area contributed by atoms with Gasteiger partial charge in [-0.25, -0.2) is 4.79 Å². The number of carbonyl (C=O) groups is 2. The maximum atomic E-state index is 11.3. The Morgan fingerprint density at radius 2 is 1.86 bits per heavy atom. The van der Waals surface area contributed by atoms with E-state index < -0.39 is 11.9 Å². The molecule has 1 rings (SSSR count). The lowest BCUT2D eigenvalue weighted by Crippen LogP contribution is -2.23. The molecule has 0 radical (unpaired) electrons. The lowest BCUT2D eigenvalue weighted by Gasteiger charge is -2.04. The number of carboxylic acid groups (broad SMARTS) is 1. The van der Waals surface area contributed by atoms with Crippen LogP contribution in [-0.2, 0) is 0 Å². The Morgan fingerprint density at radius 3 is 2.36 bits per heavy atom. The average molecular weight is 214 g/mol. The first-order valence-electron chi connectivity index (χ1n) is 3.83. The third-order valence-electron chi connectivity index (χ3n) is 1.63. The van der Waals surface area contributed by atoms with Gasteiger partial charge in [-0.15, -0.1) is 11.6 Å². The number of hydrogen-bond acceptors (Lipinski definition) is 2. The van der Waals surface area contributed by atoms with Gasteiger partial charge in [0.25, 0.3) is 5.91 Å². The molecule has 0 heterocycles. The fourth-order valence-corrected chi connectivity index (χ4v) is 1.14. The molecule has 0 aliphatic heterocycles. The molecule has 0 atom stereocenters. The predicted octanol–water partition coefficient (Wildman–Crippen LogP) is 1.31. The van der Waals surface area contributed by atoms with Crippen molar-refractivity contribution >= 4 is 23.5 Å². The van der Waals surface area contributed by atoms with Gasteiger partial charge in [0, 0.05) is 0 Å². The van der Waals surface area contributed by atoms with Gasteiger partial charge in [-0.2, -0.15) is 0 Å². The van der Waals surface area contributed by atoms with Crippen molar-refractivity contribution in [1.29, 1.82) is 0 Å². The Kier molecular flexibility index (Phi) is 3.48. The van der Waals surface area contributed by atoms with Crippen LogP contribution in [0.15, 0.2) is 24.3 Å². The van der Waals surface area contributed by atoms with E-state index in [0.29, 0.717) is 0 Å². The van der Waals surface area contributed by atoms with Gasteiger partial charge in [0.2, 0.25) is 0 Å². The number of carbonyl (C=O) groups excluding carboxylic acids is 1. The van der Waals surface area contributed by atoms with Crippen molar-refractivity contribution in [2.45, 2.75) is 0 Å². The van der Waals surface area contributed by atoms with Gasteiger partial charge in [-0.3, -0.25) is 4.79 Å². The zero-order valence-corrected chi connectivity index (χ0v) is 7.91. The second-order valence-electron chi connectivity index (χ2n) is 2.49. The summed E-state index contributed by atoms with van der Waals surface area (Å²) in [5.41, 5.74) is 0.0794. The van der Waals surface area contributed by atoms with E-state index in [0.717, 1.165) is 0 Å². The summed E-state index contributed by atoms with van der Waals surface area (Å²) in [7, 11) is 0. The molecule has 0 spiro atoms. The fourth-order valence-electron chi connectivity index (χ4n) is 1.02. The first-order chi connectivity index (χ1) is 6.66. The van der Waals surface area contributed by atoms with E-state index >= 15 is 0 Å². The number of halogens is 1. The van der Waals surface area contributed by atoms with Crippen molar-refractivity contribution in [2.75, 3.05) is 6.00 Å². The number of carboxylic acids is 1. The Bertz CT molecular complexity index is 365. The third kappa shape index (κ3) is 2.23. The Labute approximate surface area is 85.5 Å².